The van der Waals surface area contributed by atoms with Crippen molar-refractivity contribution in [2.24, 2.45) is 28.2 Å². The van der Waals surface area contributed by atoms with E-state index in [2.05, 4.69) is 41.3 Å². The highest BCUT2D eigenvalue weighted by atomic mass is 19.4. The first-order valence-corrected chi connectivity index (χ1v) is 17.9. The molecule has 4 aliphatic rings. The summed E-state index contributed by atoms with van der Waals surface area (Å²) in [7, 11) is 1.51. The van der Waals surface area contributed by atoms with Crippen LogP contribution in [0.2, 0.25) is 0 Å². The Labute approximate surface area is 301 Å². The molecule has 2 aromatic heterocycles. The first-order chi connectivity index (χ1) is 24.7. The lowest BCUT2D eigenvalue weighted by molar-refractivity contribution is -0.110. The van der Waals surface area contributed by atoms with Gasteiger partial charge in [0, 0.05) is 69.4 Å². The summed E-state index contributed by atoms with van der Waals surface area (Å²) in [5.41, 5.74) is 2.87. The second-order valence-corrected chi connectivity index (χ2v) is 14.7. The van der Waals surface area contributed by atoms with E-state index in [1.807, 2.05) is 30.3 Å². The number of ether oxygens (including phenoxy) is 1. The van der Waals surface area contributed by atoms with E-state index in [0.717, 1.165) is 55.7 Å². The predicted molar refractivity (Wildman–Crippen MR) is 196 cm³/mol. The molecule has 2 N–H and O–H groups in total. The van der Waals surface area contributed by atoms with Crippen LogP contribution < -0.4 is 20.9 Å². The summed E-state index contributed by atoms with van der Waals surface area (Å²) < 4.78 is 52.6. The largest absolute Gasteiger partial charge is 0.497 e. The monoisotopic (exact) mass is 721 g/mol. The number of aryl methyl sites for hydroxylation is 1. The van der Waals surface area contributed by atoms with Crippen molar-refractivity contribution < 1.29 is 22.3 Å². The number of aromatic nitrogens is 3. The van der Waals surface area contributed by atoms with Gasteiger partial charge < -0.3 is 20.3 Å². The van der Waals surface area contributed by atoms with Crippen LogP contribution in [0, 0.1) is 29.0 Å². The third kappa shape index (κ3) is 8.24. The third-order valence-corrected chi connectivity index (χ3v) is 11.0. The van der Waals surface area contributed by atoms with E-state index in [-0.39, 0.29) is 30.9 Å². The number of nitrogens with zero attached hydrogens (tertiary/aromatic N) is 5. The summed E-state index contributed by atoms with van der Waals surface area (Å²) in [4.78, 5) is 31.1. The molecule has 4 atom stereocenters. The van der Waals surface area contributed by atoms with Crippen LogP contribution in [0.25, 0.3) is 22.3 Å². The van der Waals surface area contributed by atoms with E-state index in [9.17, 15) is 22.4 Å². The van der Waals surface area contributed by atoms with Gasteiger partial charge in [-0.2, -0.15) is 13.2 Å². The number of benzene rings is 2. The lowest BCUT2D eigenvalue weighted by atomic mass is 9.45. The molecule has 52 heavy (non-hydrogen) atoms. The van der Waals surface area contributed by atoms with Crippen molar-refractivity contribution in [3.05, 3.63) is 82.7 Å². The van der Waals surface area contributed by atoms with Gasteiger partial charge in [-0.3, -0.25) is 14.3 Å². The minimum atomic E-state index is -4.00. The Hall–Kier alpha value is -4.52. The number of methoxy groups -OCH3 is 1. The summed E-state index contributed by atoms with van der Waals surface area (Å²) in [6, 6.07) is 14.5. The number of rotatable bonds is 7. The number of hydrogen-bond acceptors (Lipinski definition) is 6. The lowest BCUT2D eigenvalue weighted by Crippen LogP contribution is -2.57. The minimum Gasteiger partial charge on any atom is -0.497 e. The summed E-state index contributed by atoms with van der Waals surface area (Å²) in [5, 5.41) is 7.61. The number of guanidine groups is 1. The van der Waals surface area contributed by atoms with Gasteiger partial charge in [0.05, 0.1) is 24.1 Å². The lowest BCUT2D eigenvalue weighted by Gasteiger charge is -2.61. The maximum absolute atomic E-state index is 14.8. The molecule has 0 radical (unpaired) electrons. The Morgan fingerprint density at radius 2 is 1.87 bits per heavy atom. The smallest absolute Gasteiger partial charge is 0.386 e. The van der Waals surface area contributed by atoms with Crippen molar-refractivity contribution in [3.8, 4) is 17.1 Å². The topological polar surface area (TPSA) is 96.7 Å². The SMILES string of the molecule is CC(F)(F)F.COc1ccc(CCn2c(-c3cccnc3)nc3cc(NC(=N[C@H]4C[C@H]5C[C@@H]([C@@H]4C)C5(C)C)N4CCNCC4)ccc3c2=O)c(F)c1. The van der Waals surface area contributed by atoms with Crippen molar-refractivity contribution in [3.63, 3.8) is 0 Å². The molecular weight excluding hydrogens is 674 g/mol. The average Bonchev–Trinajstić information content (AvgIpc) is 3.11. The third-order valence-electron chi connectivity index (χ3n) is 11.0. The first kappa shape index (κ1) is 37.2. The fraction of sp³-hybridized carbons (Fsp3) is 0.487. The fourth-order valence-corrected chi connectivity index (χ4v) is 7.96. The van der Waals surface area contributed by atoms with Crippen LogP contribution in [0.5, 0.6) is 5.75 Å². The van der Waals surface area contributed by atoms with Crippen LogP contribution in [-0.4, -0.2) is 70.9 Å². The molecule has 3 heterocycles. The van der Waals surface area contributed by atoms with Gasteiger partial charge in [-0.25, -0.2) is 14.4 Å². The molecule has 13 heteroatoms. The van der Waals surface area contributed by atoms with E-state index < -0.39 is 6.18 Å². The molecule has 2 aromatic carbocycles. The van der Waals surface area contributed by atoms with Gasteiger partial charge in [-0.1, -0.05) is 26.8 Å². The standard InChI is InChI=1S/C37H44FN7O2.C2H3F3/c1-23-30-18-26(37(30,2)3)19-32(23)43-36(44-16-13-39-14-17-44)41-27-8-10-29-33(20-27)42-34(25-6-5-12-40-22-25)45(35(29)46)15-11-24-7-9-28(47-4)21-31(24)38;1-2(3,4)5/h5-10,12,20-23,26,30,32,39H,11,13-19H2,1-4H3,(H,41,43);1H3/t23-,26+,30-,32-;/m0./s1. The van der Waals surface area contributed by atoms with Crippen LogP contribution in [0.1, 0.15) is 46.1 Å². The number of nitrogens with one attached hydrogen (secondary N) is 2. The fourth-order valence-electron chi connectivity index (χ4n) is 7.96. The van der Waals surface area contributed by atoms with Crippen LogP contribution in [0.4, 0.5) is 23.2 Å². The van der Waals surface area contributed by atoms with Crippen molar-refractivity contribution in [1.82, 2.24) is 24.8 Å². The molecule has 4 fully saturated rings. The predicted octanol–water partition coefficient (Wildman–Crippen LogP) is 7.16. The molecule has 4 aromatic rings. The number of fused-ring (bicyclic) bond motifs is 3. The number of aliphatic imine (C=N–C) groups is 1. The van der Waals surface area contributed by atoms with Crippen LogP contribution in [0.15, 0.2) is 70.7 Å². The van der Waals surface area contributed by atoms with Crippen molar-refractivity contribution >= 4 is 22.5 Å². The number of alkyl halides is 3. The van der Waals surface area contributed by atoms with E-state index in [0.29, 0.717) is 51.7 Å². The molecule has 8 rings (SSSR count). The Morgan fingerprint density at radius 1 is 1.12 bits per heavy atom. The molecule has 0 spiro atoms. The van der Waals surface area contributed by atoms with Gasteiger partial charge in [0.1, 0.15) is 17.4 Å². The zero-order valence-corrected chi connectivity index (χ0v) is 30.3. The molecule has 0 amide bonds. The molecule has 278 valence electrons. The van der Waals surface area contributed by atoms with E-state index in [1.54, 1.807) is 29.1 Å². The molecule has 9 nitrogen and oxygen atoms in total. The van der Waals surface area contributed by atoms with E-state index in [4.69, 9.17) is 14.7 Å². The van der Waals surface area contributed by atoms with Gasteiger partial charge in [0.2, 0.25) is 0 Å². The maximum atomic E-state index is 14.8. The average molecular weight is 722 g/mol. The summed E-state index contributed by atoms with van der Waals surface area (Å²) >= 11 is 0. The highest BCUT2D eigenvalue weighted by Gasteiger charge is 2.56. The van der Waals surface area contributed by atoms with Gasteiger partial charge in [-0.15, -0.1) is 0 Å². The summed E-state index contributed by atoms with van der Waals surface area (Å²) in [5.74, 6) is 3.43. The second-order valence-electron chi connectivity index (χ2n) is 14.7. The molecule has 0 unspecified atom stereocenters. The number of piperazine rings is 1. The summed E-state index contributed by atoms with van der Waals surface area (Å²) in [6.07, 6.45) is 2.15. The molecule has 1 aliphatic heterocycles. The first-order valence-electron chi connectivity index (χ1n) is 17.9. The quantitative estimate of drug-likeness (QED) is 0.119. The molecule has 3 saturated carbocycles. The van der Waals surface area contributed by atoms with Gasteiger partial charge in [-0.05, 0) is 84.4 Å². The van der Waals surface area contributed by atoms with Crippen molar-refractivity contribution in [1.29, 1.82) is 0 Å². The normalized spacial score (nSPS) is 22.6. The van der Waals surface area contributed by atoms with Crippen molar-refractivity contribution in [2.75, 3.05) is 38.6 Å². The highest BCUT2D eigenvalue weighted by molar-refractivity contribution is 5.96. The Kier molecular flexibility index (Phi) is 10.9. The van der Waals surface area contributed by atoms with Gasteiger partial charge in [0.15, 0.2) is 5.96 Å². The van der Waals surface area contributed by atoms with Crippen LogP contribution >= 0.6 is 0 Å². The van der Waals surface area contributed by atoms with Crippen molar-refractivity contribution in [2.45, 2.75) is 65.7 Å². The Balaban J connectivity index is 0.000000870. The molecular formula is C39H47F4N7O2. The highest BCUT2D eigenvalue weighted by Crippen LogP contribution is 2.61. The molecule has 1 saturated heterocycles. The number of halogens is 4. The molecule has 2 bridgehead atoms. The number of anilines is 1. The number of hydrogen-bond donors (Lipinski definition) is 2. The maximum Gasteiger partial charge on any atom is 0.386 e. The van der Waals surface area contributed by atoms with E-state index >= 15 is 0 Å². The zero-order chi connectivity index (χ0) is 37.2. The Morgan fingerprint density at radius 3 is 2.50 bits per heavy atom. The van der Waals surface area contributed by atoms with E-state index in [1.165, 1.54) is 19.6 Å². The van der Waals surface area contributed by atoms with Crippen LogP contribution in [-0.2, 0) is 13.0 Å². The summed E-state index contributed by atoms with van der Waals surface area (Å²) in [6.45, 7) is 11.2. The second kappa shape index (κ2) is 15.2. The zero-order valence-electron chi connectivity index (χ0n) is 30.3. The van der Waals surface area contributed by atoms with Gasteiger partial charge >= 0.3 is 6.18 Å². The van der Waals surface area contributed by atoms with Gasteiger partial charge in [0.25, 0.3) is 5.56 Å². The molecule has 3 aliphatic carbocycles. The van der Waals surface area contributed by atoms with Crippen LogP contribution in [0.3, 0.4) is 0 Å². The minimum absolute atomic E-state index is 0.178. The number of pyridine rings is 1. The Bertz CT molecular complexity index is 1950.